The van der Waals surface area contributed by atoms with E-state index in [0.29, 0.717) is 13.1 Å². The lowest BCUT2D eigenvalue weighted by molar-refractivity contribution is -0.384. The van der Waals surface area contributed by atoms with Gasteiger partial charge in [0.25, 0.3) is 11.6 Å². The number of hydrogen-bond donors (Lipinski definition) is 1. The highest BCUT2D eigenvalue weighted by Gasteiger charge is 2.33. The summed E-state index contributed by atoms with van der Waals surface area (Å²) in [6.45, 7) is 1.35. The fourth-order valence-electron chi connectivity index (χ4n) is 3.04. The van der Waals surface area contributed by atoms with Crippen LogP contribution in [0.25, 0.3) is 0 Å². The standard InChI is InChI=1S/C16H17N3O4/c20-15(11-4-3-6-12(8-11)19(22)23)9-14-16(21)18-7-2-1-5-13(18)10-17-14/h3-4,6,8-9,13,17H,1-2,5,7,10H2. The zero-order chi connectivity index (χ0) is 16.4. The number of piperazine rings is 1. The first-order chi connectivity index (χ1) is 11.1. The summed E-state index contributed by atoms with van der Waals surface area (Å²) < 4.78 is 0. The minimum absolute atomic E-state index is 0.145. The molecule has 1 unspecified atom stereocenters. The van der Waals surface area contributed by atoms with Crippen molar-refractivity contribution in [2.24, 2.45) is 0 Å². The Morgan fingerprint density at radius 1 is 1.39 bits per heavy atom. The molecule has 1 aromatic carbocycles. The molecular weight excluding hydrogens is 298 g/mol. The number of nitrogens with one attached hydrogen (secondary N) is 1. The van der Waals surface area contributed by atoms with Gasteiger partial charge in [-0.25, -0.2) is 0 Å². The SMILES string of the molecule is O=C(C=C1NCC2CCCCN2C1=O)c1cccc([N+](=O)[O-])c1. The average molecular weight is 315 g/mol. The maximum atomic E-state index is 12.4. The molecule has 2 fully saturated rings. The van der Waals surface area contributed by atoms with Crippen molar-refractivity contribution in [1.82, 2.24) is 10.2 Å². The normalized spacial score (nSPS) is 22.4. The summed E-state index contributed by atoms with van der Waals surface area (Å²) in [4.78, 5) is 36.8. The fourth-order valence-corrected chi connectivity index (χ4v) is 3.04. The monoisotopic (exact) mass is 315 g/mol. The van der Waals surface area contributed by atoms with Crippen molar-refractivity contribution in [2.75, 3.05) is 13.1 Å². The minimum atomic E-state index is -0.549. The van der Waals surface area contributed by atoms with Gasteiger partial charge in [-0.2, -0.15) is 0 Å². The van der Waals surface area contributed by atoms with E-state index >= 15 is 0 Å². The van der Waals surface area contributed by atoms with E-state index in [9.17, 15) is 19.7 Å². The Labute approximate surface area is 133 Å². The number of carbonyl (C=O) groups excluding carboxylic acids is 2. The van der Waals surface area contributed by atoms with Gasteiger partial charge in [0.2, 0.25) is 0 Å². The Morgan fingerprint density at radius 2 is 2.22 bits per heavy atom. The number of nitro groups is 1. The number of carbonyl (C=O) groups is 2. The summed E-state index contributed by atoms with van der Waals surface area (Å²) in [5, 5.41) is 13.8. The summed E-state index contributed by atoms with van der Waals surface area (Å²) in [6.07, 6.45) is 4.31. The van der Waals surface area contributed by atoms with Crippen molar-refractivity contribution < 1.29 is 14.5 Å². The number of hydrogen-bond acceptors (Lipinski definition) is 5. The van der Waals surface area contributed by atoms with Crippen LogP contribution >= 0.6 is 0 Å². The molecule has 0 saturated carbocycles. The molecule has 7 heteroatoms. The highest BCUT2D eigenvalue weighted by Crippen LogP contribution is 2.22. The van der Waals surface area contributed by atoms with Crippen LogP contribution in [0.5, 0.6) is 0 Å². The lowest BCUT2D eigenvalue weighted by Gasteiger charge is -2.40. The first-order valence-electron chi connectivity index (χ1n) is 7.61. The van der Waals surface area contributed by atoms with E-state index < -0.39 is 10.7 Å². The van der Waals surface area contributed by atoms with Crippen LogP contribution in [0.2, 0.25) is 0 Å². The van der Waals surface area contributed by atoms with Crippen LogP contribution in [0.15, 0.2) is 36.0 Å². The molecule has 1 amide bonds. The van der Waals surface area contributed by atoms with Crippen molar-refractivity contribution in [3.05, 3.63) is 51.7 Å². The second-order valence-corrected chi connectivity index (χ2v) is 5.76. The molecule has 0 radical (unpaired) electrons. The minimum Gasteiger partial charge on any atom is -0.378 e. The van der Waals surface area contributed by atoms with Crippen molar-refractivity contribution >= 4 is 17.4 Å². The van der Waals surface area contributed by atoms with Crippen LogP contribution in [0, 0.1) is 10.1 Å². The van der Waals surface area contributed by atoms with E-state index in [4.69, 9.17) is 0 Å². The van der Waals surface area contributed by atoms with Gasteiger partial charge >= 0.3 is 0 Å². The van der Waals surface area contributed by atoms with Gasteiger partial charge in [0.05, 0.1) is 4.92 Å². The molecule has 0 aliphatic carbocycles. The van der Waals surface area contributed by atoms with Crippen molar-refractivity contribution in [3.8, 4) is 0 Å². The summed E-state index contributed by atoms with van der Waals surface area (Å²) in [6, 6.07) is 5.70. The zero-order valence-corrected chi connectivity index (χ0v) is 12.5. The van der Waals surface area contributed by atoms with Gasteiger partial charge in [-0.3, -0.25) is 19.7 Å². The maximum absolute atomic E-state index is 12.4. The van der Waals surface area contributed by atoms with Crippen LogP contribution in [-0.2, 0) is 4.79 Å². The molecule has 7 nitrogen and oxygen atoms in total. The van der Waals surface area contributed by atoms with Gasteiger partial charge in [0.15, 0.2) is 5.78 Å². The Kier molecular flexibility index (Phi) is 4.10. The van der Waals surface area contributed by atoms with E-state index in [1.165, 1.54) is 30.3 Å². The molecule has 2 saturated heterocycles. The van der Waals surface area contributed by atoms with E-state index in [0.717, 1.165) is 19.3 Å². The van der Waals surface area contributed by atoms with Crippen LogP contribution < -0.4 is 5.32 Å². The Bertz CT molecular complexity index is 698. The predicted molar refractivity (Wildman–Crippen MR) is 82.9 cm³/mol. The molecule has 3 rings (SSSR count). The van der Waals surface area contributed by atoms with Gasteiger partial charge < -0.3 is 10.2 Å². The summed E-state index contributed by atoms with van der Waals surface area (Å²) >= 11 is 0. The van der Waals surface area contributed by atoms with E-state index in [2.05, 4.69) is 5.32 Å². The lowest BCUT2D eigenvalue weighted by atomic mass is 9.98. The van der Waals surface area contributed by atoms with Gasteiger partial charge in [0.1, 0.15) is 5.70 Å². The van der Waals surface area contributed by atoms with Crippen LogP contribution in [0.4, 0.5) is 5.69 Å². The number of piperidine rings is 1. The Hall–Kier alpha value is -2.70. The summed E-state index contributed by atoms with van der Waals surface area (Å²) in [5.74, 6) is -0.584. The zero-order valence-electron chi connectivity index (χ0n) is 12.5. The number of nitro benzene ring substituents is 1. The first kappa shape index (κ1) is 15.2. The lowest BCUT2D eigenvalue weighted by Crippen LogP contribution is -2.55. The molecule has 1 aromatic rings. The van der Waals surface area contributed by atoms with E-state index in [1.807, 2.05) is 4.90 Å². The molecule has 1 N–H and O–H groups in total. The Morgan fingerprint density at radius 3 is 3.00 bits per heavy atom. The molecule has 2 aliphatic heterocycles. The molecular formula is C16H17N3O4. The number of amides is 1. The molecule has 1 atom stereocenters. The highest BCUT2D eigenvalue weighted by atomic mass is 16.6. The third-order valence-corrected chi connectivity index (χ3v) is 4.26. The van der Waals surface area contributed by atoms with Crippen LogP contribution in [0.1, 0.15) is 29.6 Å². The molecule has 2 aliphatic rings. The van der Waals surface area contributed by atoms with Gasteiger partial charge in [-0.1, -0.05) is 12.1 Å². The molecule has 0 bridgehead atoms. The van der Waals surface area contributed by atoms with Crippen molar-refractivity contribution in [3.63, 3.8) is 0 Å². The average Bonchev–Trinajstić information content (AvgIpc) is 2.57. The number of allylic oxidation sites excluding steroid dienone is 1. The smallest absolute Gasteiger partial charge is 0.270 e. The van der Waals surface area contributed by atoms with E-state index in [1.54, 1.807) is 0 Å². The number of nitrogens with zero attached hydrogens (tertiary/aromatic N) is 2. The third kappa shape index (κ3) is 3.08. The van der Waals surface area contributed by atoms with E-state index in [-0.39, 0.29) is 28.9 Å². The summed E-state index contributed by atoms with van der Waals surface area (Å²) in [5.41, 5.74) is 0.315. The molecule has 120 valence electrons. The molecule has 2 heterocycles. The Balaban J connectivity index is 1.80. The summed E-state index contributed by atoms with van der Waals surface area (Å²) in [7, 11) is 0. The highest BCUT2D eigenvalue weighted by molar-refractivity contribution is 6.09. The maximum Gasteiger partial charge on any atom is 0.270 e. The quantitative estimate of drug-likeness (QED) is 0.396. The van der Waals surface area contributed by atoms with Crippen molar-refractivity contribution in [2.45, 2.75) is 25.3 Å². The van der Waals surface area contributed by atoms with Gasteiger partial charge in [-0.15, -0.1) is 0 Å². The first-order valence-corrected chi connectivity index (χ1v) is 7.61. The second-order valence-electron chi connectivity index (χ2n) is 5.76. The number of fused-ring (bicyclic) bond motifs is 1. The second kappa shape index (κ2) is 6.20. The van der Waals surface area contributed by atoms with Crippen LogP contribution in [-0.4, -0.2) is 40.6 Å². The number of rotatable bonds is 3. The van der Waals surface area contributed by atoms with Gasteiger partial charge in [0, 0.05) is 42.9 Å². The molecule has 23 heavy (non-hydrogen) atoms. The molecule has 0 spiro atoms. The topological polar surface area (TPSA) is 92.6 Å². The predicted octanol–water partition coefficient (Wildman–Crippen LogP) is 1.65. The fraction of sp³-hybridized carbons (Fsp3) is 0.375. The molecule has 0 aromatic heterocycles. The largest absolute Gasteiger partial charge is 0.378 e. The van der Waals surface area contributed by atoms with Gasteiger partial charge in [-0.05, 0) is 19.3 Å². The number of benzene rings is 1. The van der Waals surface area contributed by atoms with Crippen LogP contribution in [0.3, 0.4) is 0 Å². The number of ketones is 1. The third-order valence-electron chi connectivity index (χ3n) is 4.26. The number of non-ortho nitro benzene ring substituents is 1. The van der Waals surface area contributed by atoms with Crippen molar-refractivity contribution in [1.29, 1.82) is 0 Å².